The van der Waals surface area contributed by atoms with Crippen molar-refractivity contribution in [3.05, 3.63) is 77.4 Å². The topological polar surface area (TPSA) is 66.8 Å². The van der Waals surface area contributed by atoms with Gasteiger partial charge in [-0.2, -0.15) is 0 Å². The predicted molar refractivity (Wildman–Crippen MR) is 135 cm³/mol. The molecule has 0 aliphatic carbocycles. The number of benzene rings is 3. The van der Waals surface area contributed by atoms with Crippen molar-refractivity contribution in [1.29, 1.82) is 0 Å². The number of aliphatic hydroxyl groups excluding tert-OH is 2. The number of fused-ring (bicyclic) bond motifs is 1. The molecule has 0 aliphatic rings. The number of unbranched alkanes of at least 4 members (excludes halogenated alkanes) is 5. The predicted octanol–water partition coefficient (Wildman–Crippen LogP) is 7.19. The minimum atomic E-state index is -0.812. The second kappa shape index (κ2) is 12.8. The van der Waals surface area contributed by atoms with Crippen LogP contribution in [0.3, 0.4) is 0 Å². The first-order chi connectivity index (χ1) is 16.0. The third kappa shape index (κ3) is 7.32. The Labute approximate surface area is 201 Å². The number of ether oxygens (including phenoxy) is 1. The van der Waals surface area contributed by atoms with Crippen molar-refractivity contribution in [2.24, 2.45) is 0 Å². The lowest BCUT2D eigenvalue weighted by Crippen LogP contribution is -2.02. The van der Waals surface area contributed by atoms with Crippen molar-refractivity contribution >= 4 is 28.5 Å². The largest absolute Gasteiger partial charge is 0.465 e. The highest BCUT2D eigenvalue weighted by Gasteiger charge is 2.14. The highest BCUT2D eigenvalue weighted by atomic mass is 32.2. The van der Waals surface area contributed by atoms with Crippen molar-refractivity contribution in [3.63, 3.8) is 0 Å². The zero-order valence-corrected chi connectivity index (χ0v) is 20.3. The first-order valence-corrected chi connectivity index (χ1v) is 12.6. The molecule has 0 saturated carbocycles. The second-order valence-corrected chi connectivity index (χ2v) is 9.58. The van der Waals surface area contributed by atoms with Gasteiger partial charge >= 0.3 is 5.97 Å². The standard InChI is InChI=1S/C28H34O4S/c1-3-4-5-6-7-8-12-26(29)21-14-13-20-15-16-25(19-24(20)17-21)33-28(31)23-11-9-10-22(18-23)27(30)32-2/h9-11,13-19,26,28-29,31H,3-8,12H2,1-2H3. The van der Waals surface area contributed by atoms with Gasteiger partial charge in [-0.25, -0.2) is 4.79 Å². The lowest BCUT2D eigenvalue weighted by molar-refractivity contribution is 0.0600. The van der Waals surface area contributed by atoms with Gasteiger partial charge in [0, 0.05) is 4.90 Å². The second-order valence-electron chi connectivity index (χ2n) is 8.43. The molecule has 33 heavy (non-hydrogen) atoms. The average Bonchev–Trinajstić information content (AvgIpc) is 2.85. The molecular formula is C28H34O4S. The summed E-state index contributed by atoms with van der Waals surface area (Å²) >= 11 is 1.32. The number of hydrogen-bond acceptors (Lipinski definition) is 5. The lowest BCUT2D eigenvalue weighted by Gasteiger charge is -2.14. The van der Waals surface area contributed by atoms with Gasteiger partial charge in [-0.3, -0.25) is 0 Å². The molecule has 0 aliphatic heterocycles. The Morgan fingerprint density at radius 1 is 0.879 bits per heavy atom. The van der Waals surface area contributed by atoms with Crippen LogP contribution in [0.1, 0.15) is 84.9 Å². The van der Waals surface area contributed by atoms with Crippen LogP contribution in [0.2, 0.25) is 0 Å². The quantitative estimate of drug-likeness (QED) is 0.128. The van der Waals surface area contributed by atoms with E-state index in [9.17, 15) is 15.0 Å². The molecule has 0 radical (unpaired) electrons. The number of thioether (sulfide) groups is 1. The Hall–Kier alpha value is -2.34. The Bertz CT molecular complexity index is 1050. The molecule has 176 valence electrons. The molecule has 0 fully saturated rings. The van der Waals surface area contributed by atoms with Gasteiger partial charge in [0.2, 0.25) is 0 Å². The first-order valence-electron chi connectivity index (χ1n) is 11.8. The number of hydrogen-bond donors (Lipinski definition) is 2. The SMILES string of the molecule is CCCCCCCCC(O)c1ccc2ccc(SC(O)c3cccc(C(=O)OC)c3)cc2c1. The molecular weight excluding hydrogens is 432 g/mol. The van der Waals surface area contributed by atoms with Crippen molar-refractivity contribution in [1.82, 2.24) is 0 Å². The van der Waals surface area contributed by atoms with E-state index in [1.54, 1.807) is 24.3 Å². The van der Waals surface area contributed by atoms with Crippen molar-refractivity contribution < 1.29 is 19.7 Å². The van der Waals surface area contributed by atoms with Gasteiger partial charge in [-0.15, -0.1) is 0 Å². The van der Waals surface area contributed by atoms with E-state index in [1.165, 1.54) is 51.0 Å². The van der Waals surface area contributed by atoms with Gasteiger partial charge in [0.05, 0.1) is 18.8 Å². The van der Waals surface area contributed by atoms with E-state index >= 15 is 0 Å². The van der Waals surface area contributed by atoms with E-state index in [2.05, 4.69) is 6.92 Å². The summed E-state index contributed by atoms with van der Waals surface area (Å²) in [5.41, 5.74) is 1.18. The van der Waals surface area contributed by atoms with Crippen molar-refractivity contribution in [2.75, 3.05) is 7.11 Å². The highest BCUT2D eigenvalue weighted by Crippen LogP contribution is 2.35. The first kappa shape index (κ1) is 25.3. The van der Waals surface area contributed by atoms with Crippen LogP contribution < -0.4 is 0 Å². The molecule has 2 atom stereocenters. The molecule has 2 N–H and O–H groups in total. The van der Waals surface area contributed by atoms with E-state index in [0.29, 0.717) is 11.1 Å². The van der Waals surface area contributed by atoms with Crippen LogP contribution >= 0.6 is 11.8 Å². The van der Waals surface area contributed by atoms with Gasteiger partial charge in [-0.1, -0.05) is 87.5 Å². The average molecular weight is 467 g/mol. The molecule has 0 amide bonds. The molecule has 0 bridgehead atoms. The third-order valence-corrected chi connectivity index (χ3v) is 6.91. The maximum Gasteiger partial charge on any atom is 0.337 e. The summed E-state index contributed by atoms with van der Waals surface area (Å²) in [6.07, 6.45) is 7.59. The van der Waals surface area contributed by atoms with Crippen LogP contribution in [0.25, 0.3) is 10.8 Å². The van der Waals surface area contributed by atoms with Gasteiger partial charge in [0.15, 0.2) is 0 Å². The van der Waals surface area contributed by atoms with Crippen LogP contribution in [0, 0.1) is 0 Å². The van der Waals surface area contributed by atoms with Crippen LogP contribution in [0.5, 0.6) is 0 Å². The zero-order valence-electron chi connectivity index (χ0n) is 19.5. The summed E-state index contributed by atoms with van der Waals surface area (Å²) in [6, 6.07) is 19.0. The smallest absolute Gasteiger partial charge is 0.337 e. The molecule has 0 spiro atoms. The molecule has 3 rings (SSSR count). The summed E-state index contributed by atoms with van der Waals surface area (Å²) in [5.74, 6) is -0.424. The Morgan fingerprint density at radius 2 is 1.64 bits per heavy atom. The maximum absolute atomic E-state index is 11.8. The number of methoxy groups -OCH3 is 1. The fourth-order valence-corrected chi connectivity index (χ4v) is 4.82. The van der Waals surface area contributed by atoms with Crippen LogP contribution in [-0.4, -0.2) is 23.3 Å². The van der Waals surface area contributed by atoms with Crippen LogP contribution in [0.4, 0.5) is 0 Å². The van der Waals surface area contributed by atoms with Gasteiger partial charge in [-0.05, 0) is 58.7 Å². The van der Waals surface area contributed by atoms with E-state index in [1.807, 2.05) is 36.4 Å². The monoisotopic (exact) mass is 466 g/mol. The summed E-state index contributed by atoms with van der Waals surface area (Å²) in [5, 5.41) is 23.5. The molecule has 0 heterocycles. The summed E-state index contributed by atoms with van der Waals surface area (Å²) in [6.45, 7) is 2.22. The zero-order chi connectivity index (χ0) is 23.6. The van der Waals surface area contributed by atoms with Crippen molar-refractivity contribution in [2.45, 2.75) is 68.3 Å². The summed E-state index contributed by atoms with van der Waals surface area (Å²) in [7, 11) is 1.34. The van der Waals surface area contributed by atoms with Crippen LogP contribution in [0.15, 0.2) is 65.6 Å². The molecule has 4 nitrogen and oxygen atoms in total. The van der Waals surface area contributed by atoms with Crippen LogP contribution in [-0.2, 0) is 4.74 Å². The molecule has 0 saturated heterocycles. The Balaban J connectivity index is 1.65. The number of carbonyl (C=O) groups excluding carboxylic acids is 1. The minimum absolute atomic E-state index is 0.414. The van der Waals surface area contributed by atoms with E-state index in [0.717, 1.165) is 34.1 Å². The summed E-state index contributed by atoms with van der Waals surface area (Å²) < 4.78 is 4.77. The fourth-order valence-electron chi connectivity index (χ4n) is 3.94. The molecule has 2 unspecified atom stereocenters. The van der Waals surface area contributed by atoms with E-state index in [4.69, 9.17) is 4.74 Å². The number of aliphatic hydroxyl groups is 2. The molecule has 3 aromatic rings. The summed E-state index contributed by atoms with van der Waals surface area (Å²) in [4.78, 5) is 12.7. The molecule has 5 heteroatoms. The van der Waals surface area contributed by atoms with E-state index in [-0.39, 0.29) is 0 Å². The van der Waals surface area contributed by atoms with Gasteiger partial charge in [0.25, 0.3) is 0 Å². The van der Waals surface area contributed by atoms with Gasteiger partial charge < -0.3 is 14.9 Å². The third-order valence-electron chi connectivity index (χ3n) is 5.89. The fraction of sp³-hybridized carbons (Fsp3) is 0.393. The van der Waals surface area contributed by atoms with E-state index < -0.39 is 17.5 Å². The Morgan fingerprint density at radius 3 is 2.42 bits per heavy atom. The Kier molecular flexibility index (Phi) is 9.79. The number of esters is 1. The molecule has 0 aromatic heterocycles. The lowest BCUT2D eigenvalue weighted by atomic mass is 9.99. The number of rotatable bonds is 12. The molecule has 3 aromatic carbocycles. The normalized spacial score (nSPS) is 13.1. The van der Waals surface area contributed by atoms with Crippen molar-refractivity contribution in [3.8, 4) is 0 Å². The minimum Gasteiger partial charge on any atom is -0.465 e. The highest BCUT2D eigenvalue weighted by molar-refractivity contribution is 7.99. The number of carbonyl (C=O) groups is 1. The van der Waals surface area contributed by atoms with Gasteiger partial charge in [0.1, 0.15) is 5.44 Å². The maximum atomic E-state index is 11.8.